The number of anilines is 1. The maximum Gasteiger partial charge on any atom is 0.253 e. The van der Waals surface area contributed by atoms with E-state index in [1.54, 1.807) is 12.1 Å². The first-order chi connectivity index (χ1) is 7.85. The molecule has 0 saturated carbocycles. The first-order valence-corrected chi connectivity index (χ1v) is 5.72. The summed E-state index contributed by atoms with van der Waals surface area (Å²) < 4.78 is 0. The van der Waals surface area contributed by atoms with E-state index in [1.165, 1.54) is 6.07 Å². The molecule has 94 valence electrons. The van der Waals surface area contributed by atoms with Gasteiger partial charge in [-0.05, 0) is 38.5 Å². The highest BCUT2D eigenvalue weighted by molar-refractivity contribution is 6.31. The van der Waals surface area contributed by atoms with Gasteiger partial charge in [0.25, 0.3) is 5.91 Å². The summed E-state index contributed by atoms with van der Waals surface area (Å²) in [7, 11) is 0. The number of nitrogen functional groups attached to an aromatic ring is 1. The molecule has 1 aromatic carbocycles. The van der Waals surface area contributed by atoms with E-state index in [0.29, 0.717) is 22.7 Å². The van der Waals surface area contributed by atoms with Crippen LogP contribution in [0.3, 0.4) is 0 Å². The Bertz CT molecular complexity index is 419. The fraction of sp³-hybridized carbons (Fsp3) is 0.417. The summed E-state index contributed by atoms with van der Waals surface area (Å²) in [5.41, 5.74) is 5.98. The molecule has 0 atom stereocenters. The lowest BCUT2D eigenvalue weighted by molar-refractivity contribution is 0.0900. The zero-order valence-electron chi connectivity index (χ0n) is 9.96. The largest absolute Gasteiger partial charge is 0.398 e. The van der Waals surface area contributed by atoms with Crippen molar-refractivity contribution in [3.05, 3.63) is 28.8 Å². The van der Waals surface area contributed by atoms with Gasteiger partial charge in [-0.1, -0.05) is 11.6 Å². The highest BCUT2D eigenvalue weighted by Crippen LogP contribution is 2.19. The molecule has 0 unspecified atom stereocenters. The van der Waals surface area contributed by atoms with Crippen LogP contribution in [0.1, 0.15) is 30.6 Å². The molecule has 0 fully saturated rings. The van der Waals surface area contributed by atoms with Crippen molar-refractivity contribution in [1.29, 1.82) is 0 Å². The number of hydrogen-bond acceptors (Lipinski definition) is 3. The molecule has 0 aliphatic rings. The van der Waals surface area contributed by atoms with Crippen molar-refractivity contribution in [1.82, 2.24) is 5.32 Å². The standard InChI is InChI=1S/C12H17ClN2O2/c1-12(2,5-6-16)15-11(17)9-4-3-8(13)7-10(9)14/h3-4,7,16H,5-6,14H2,1-2H3,(H,15,17). The smallest absolute Gasteiger partial charge is 0.253 e. The minimum Gasteiger partial charge on any atom is -0.398 e. The Balaban J connectivity index is 2.83. The van der Waals surface area contributed by atoms with Crippen molar-refractivity contribution in [2.75, 3.05) is 12.3 Å². The molecule has 0 spiro atoms. The van der Waals surface area contributed by atoms with E-state index in [1.807, 2.05) is 13.8 Å². The SMILES string of the molecule is CC(C)(CCO)NC(=O)c1ccc(Cl)cc1N. The van der Waals surface area contributed by atoms with E-state index in [9.17, 15) is 4.79 Å². The molecule has 0 aliphatic heterocycles. The molecule has 0 aromatic heterocycles. The predicted molar refractivity (Wildman–Crippen MR) is 69.1 cm³/mol. The lowest BCUT2D eigenvalue weighted by atomic mass is 10.0. The van der Waals surface area contributed by atoms with Crippen molar-refractivity contribution >= 4 is 23.2 Å². The fourth-order valence-electron chi connectivity index (χ4n) is 1.46. The summed E-state index contributed by atoms with van der Waals surface area (Å²) in [6.45, 7) is 3.70. The lowest BCUT2D eigenvalue weighted by Gasteiger charge is -2.25. The number of amides is 1. The number of aliphatic hydroxyl groups excluding tert-OH is 1. The number of rotatable bonds is 4. The summed E-state index contributed by atoms with van der Waals surface area (Å²) >= 11 is 5.76. The number of carbonyl (C=O) groups is 1. The number of halogens is 1. The summed E-state index contributed by atoms with van der Waals surface area (Å²) in [4.78, 5) is 12.0. The van der Waals surface area contributed by atoms with Gasteiger partial charge in [-0.2, -0.15) is 0 Å². The Hall–Kier alpha value is -1.26. The van der Waals surface area contributed by atoms with Gasteiger partial charge in [0.05, 0.1) is 5.56 Å². The van der Waals surface area contributed by atoms with Gasteiger partial charge in [0.2, 0.25) is 0 Å². The van der Waals surface area contributed by atoms with Gasteiger partial charge in [-0.3, -0.25) is 4.79 Å². The van der Waals surface area contributed by atoms with E-state index in [0.717, 1.165) is 0 Å². The maximum atomic E-state index is 12.0. The monoisotopic (exact) mass is 256 g/mol. The van der Waals surface area contributed by atoms with E-state index in [-0.39, 0.29) is 12.5 Å². The Morgan fingerprint density at radius 1 is 1.53 bits per heavy atom. The molecule has 0 aliphatic carbocycles. The second-order valence-electron chi connectivity index (χ2n) is 4.54. The van der Waals surface area contributed by atoms with Crippen molar-refractivity contribution in [2.45, 2.75) is 25.8 Å². The molecule has 1 rings (SSSR count). The van der Waals surface area contributed by atoms with Crippen LogP contribution in [0, 0.1) is 0 Å². The average Bonchev–Trinajstić information content (AvgIpc) is 2.15. The quantitative estimate of drug-likeness (QED) is 0.720. The van der Waals surface area contributed by atoms with Crippen molar-refractivity contribution in [3.63, 3.8) is 0 Å². The third kappa shape index (κ3) is 3.91. The molecule has 5 heteroatoms. The molecule has 0 saturated heterocycles. The summed E-state index contributed by atoms with van der Waals surface area (Å²) in [6, 6.07) is 4.74. The van der Waals surface area contributed by atoms with Crippen LogP contribution >= 0.6 is 11.6 Å². The molecule has 1 amide bonds. The predicted octanol–water partition coefficient (Wildman–Crippen LogP) is 1.81. The van der Waals surface area contributed by atoms with Crippen LogP contribution in [0.15, 0.2) is 18.2 Å². The molecule has 4 nitrogen and oxygen atoms in total. The van der Waals surface area contributed by atoms with Gasteiger partial charge >= 0.3 is 0 Å². The molecular formula is C12H17ClN2O2. The number of hydrogen-bond donors (Lipinski definition) is 3. The zero-order valence-corrected chi connectivity index (χ0v) is 10.7. The van der Waals surface area contributed by atoms with Crippen LogP contribution in [0.5, 0.6) is 0 Å². The first kappa shape index (κ1) is 13.8. The van der Waals surface area contributed by atoms with Gasteiger partial charge in [-0.15, -0.1) is 0 Å². The van der Waals surface area contributed by atoms with Gasteiger partial charge in [-0.25, -0.2) is 0 Å². The van der Waals surface area contributed by atoms with Gasteiger partial charge < -0.3 is 16.2 Å². The van der Waals surface area contributed by atoms with Gasteiger partial charge in [0.15, 0.2) is 0 Å². The second kappa shape index (κ2) is 5.38. The van der Waals surface area contributed by atoms with E-state index < -0.39 is 5.54 Å². The minimum atomic E-state index is -0.474. The second-order valence-corrected chi connectivity index (χ2v) is 4.98. The molecule has 0 bridgehead atoms. The topological polar surface area (TPSA) is 75.3 Å². The average molecular weight is 257 g/mol. The summed E-state index contributed by atoms with van der Waals surface area (Å²) in [5, 5.41) is 12.2. The van der Waals surface area contributed by atoms with Crippen LogP contribution in [0.4, 0.5) is 5.69 Å². The Labute approximate surface area is 106 Å². The van der Waals surface area contributed by atoms with Crippen LogP contribution in [0.2, 0.25) is 5.02 Å². The zero-order chi connectivity index (χ0) is 13.1. The van der Waals surface area contributed by atoms with Crippen molar-refractivity contribution in [3.8, 4) is 0 Å². The van der Waals surface area contributed by atoms with Crippen molar-refractivity contribution in [2.24, 2.45) is 0 Å². The minimum absolute atomic E-state index is 0.0172. The summed E-state index contributed by atoms with van der Waals surface area (Å²) in [6.07, 6.45) is 0.478. The van der Waals surface area contributed by atoms with Gasteiger partial charge in [0, 0.05) is 22.9 Å². The third-order valence-corrected chi connectivity index (χ3v) is 2.68. The van der Waals surface area contributed by atoms with Crippen LogP contribution in [0.25, 0.3) is 0 Å². The van der Waals surface area contributed by atoms with Crippen LogP contribution < -0.4 is 11.1 Å². The molecule has 17 heavy (non-hydrogen) atoms. The highest BCUT2D eigenvalue weighted by Gasteiger charge is 2.21. The van der Waals surface area contributed by atoms with Crippen molar-refractivity contribution < 1.29 is 9.90 Å². The molecule has 0 radical (unpaired) electrons. The maximum absolute atomic E-state index is 12.0. The number of benzene rings is 1. The number of carbonyl (C=O) groups excluding carboxylic acids is 1. The van der Waals surface area contributed by atoms with E-state index >= 15 is 0 Å². The van der Waals surface area contributed by atoms with Gasteiger partial charge in [0.1, 0.15) is 0 Å². The normalized spacial score (nSPS) is 11.3. The molecule has 1 aromatic rings. The Morgan fingerprint density at radius 3 is 2.71 bits per heavy atom. The van der Waals surface area contributed by atoms with Crippen LogP contribution in [-0.4, -0.2) is 23.2 Å². The number of aliphatic hydroxyl groups is 1. The van der Waals surface area contributed by atoms with E-state index in [2.05, 4.69) is 5.32 Å². The molecule has 4 N–H and O–H groups in total. The van der Waals surface area contributed by atoms with E-state index in [4.69, 9.17) is 22.4 Å². The van der Waals surface area contributed by atoms with Crippen LogP contribution in [-0.2, 0) is 0 Å². The number of nitrogens with two attached hydrogens (primary N) is 1. The molecular weight excluding hydrogens is 240 g/mol. The Kier molecular flexibility index (Phi) is 4.37. The highest BCUT2D eigenvalue weighted by atomic mass is 35.5. The first-order valence-electron chi connectivity index (χ1n) is 5.34. The fourth-order valence-corrected chi connectivity index (χ4v) is 1.64. The summed E-state index contributed by atoms with van der Waals surface area (Å²) in [5.74, 6) is -0.266. The molecule has 0 heterocycles. The number of nitrogens with one attached hydrogen (secondary N) is 1. The Morgan fingerprint density at radius 2 is 2.18 bits per heavy atom. The lowest BCUT2D eigenvalue weighted by Crippen LogP contribution is -2.44. The third-order valence-electron chi connectivity index (χ3n) is 2.45.